The number of Topliss-reactive ketones (excluding diaryl/α,β-unsaturated/α-hetero) is 1. The van der Waals surface area contributed by atoms with Crippen LogP contribution in [0, 0.1) is 0 Å². The first-order valence-corrected chi connectivity index (χ1v) is 6.91. The van der Waals surface area contributed by atoms with E-state index < -0.39 is 17.4 Å². The van der Waals surface area contributed by atoms with Gasteiger partial charge in [0.05, 0.1) is 17.7 Å². The Bertz CT molecular complexity index is 802. The van der Waals surface area contributed by atoms with Gasteiger partial charge in [-0.1, -0.05) is 0 Å². The van der Waals surface area contributed by atoms with Crippen molar-refractivity contribution in [1.82, 2.24) is 9.88 Å². The predicted octanol–water partition coefficient (Wildman–Crippen LogP) is 1.38. The van der Waals surface area contributed by atoms with Crippen LogP contribution >= 0.6 is 0 Å². The zero-order valence-corrected chi connectivity index (χ0v) is 13.1. The second-order valence-electron chi connectivity index (χ2n) is 5.84. The third-order valence-corrected chi connectivity index (χ3v) is 3.26. The Morgan fingerprint density at radius 1 is 1.39 bits per heavy atom. The van der Waals surface area contributed by atoms with Crippen molar-refractivity contribution in [1.29, 1.82) is 0 Å². The number of hydrogen-bond acceptors (Lipinski definition) is 5. The first-order chi connectivity index (χ1) is 10.7. The molecule has 0 aliphatic carbocycles. The highest BCUT2D eigenvalue weighted by molar-refractivity contribution is 5.99. The Morgan fingerprint density at radius 2 is 2.09 bits per heavy atom. The number of aromatic nitrogens is 1. The molecule has 2 N–H and O–H groups in total. The quantitative estimate of drug-likeness (QED) is 0.777. The Morgan fingerprint density at radius 3 is 2.74 bits per heavy atom. The molecule has 1 aromatic carbocycles. The van der Waals surface area contributed by atoms with Gasteiger partial charge < -0.3 is 19.6 Å². The summed E-state index contributed by atoms with van der Waals surface area (Å²) in [5.74, 6) is -0.785. The Hall–Kier alpha value is -2.61. The number of aryl methyl sites for hydroxylation is 1. The fourth-order valence-corrected chi connectivity index (χ4v) is 2.12. The summed E-state index contributed by atoms with van der Waals surface area (Å²) in [6.45, 7) is 3.15. The van der Waals surface area contributed by atoms with Crippen LogP contribution in [0.15, 0.2) is 27.4 Å². The number of carboxylic acid groups (broad SMARTS) is 1. The summed E-state index contributed by atoms with van der Waals surface area (Å²) in [6, 6.07) is 4.70. The summed E-state index contributed by atoms with van der Waals surface area (Å²) in [5, 5.41) is 11.0. The molecule has 0 saturated carbocycles. The van der Waals surface area contributed by atoms with E-state index in [4.69, 9.17) is 14.3 Å². The molecular formula is C15H18N2O6. The monoisotopic (exact) mass is 322 g/mol. The summed E-state index contributed by atoms with van der Waals surface area (Å²) >= 11 is 0. The molecule has 0 fully saturated rings. The number of rotatable bonds is 6. The van der Waals surface area contributed by atoms with Crippen LogP contribution in [0.2, 0.25) is 0 Å². The van der Waals surface area contributed by atoms with Gasteiger partial charge in [0.15, 0.2) is 11.4 Å². The number of nitrogens with zero attached hydrogens (tertiary/aromatic N) is 1. The number of ketones is 1. The molecule has 0 spiro atoms. The van der Waals surface area contributed by atoms with Crippen LogP contribution in [0.3, 0.4) is 0 Å². The molecule has 23 heavy (non-hydrogen) atoms. The third-order valence-electron chi connectivity index (χ3n) is 3.26. The van der Waals surface area contributed by atoms with Gasteiger partial charge >= 0.3 is 11.8 Å². The standard InChI is InChI=1S/C15H18N2O6/c1-15(2,16-13(19)20)8-22-7-11(18)9-4-5-10-12(6-9)23-14(21)17(10)3/h4-6,16H,7-8H2,1-3H3,(H,19,20). The molecule has 2 rings (SSSR count). The smallest absolute Gasteiger partial charge is 0.419 e. The van der Waals surface area contributed by atoms with Crippen molar-refractivity contribution in [3.05, 3.63) is 34.3 Å². The number of amides is 1. The van der Waals surface area contributed by atoms with Crippen LogP contribution in [0.1, 0.15) is 24.2 Å². The molecule has 8 nitrogen and oxygen atoms in total. The number of carbonyl (C=O) groups excluding carboxylic acids is 1. The molecule has 0 atom stereocenters. The van der Waals surface area contributed by atoms with Crippen LogP contribution in [0.25, 0.3) is 11.1 Å². The van der Waals surface area contributed by atoms with Crippen molar-refractivity contribution in [3.8, 4) is 0 Å². The summed E-state index contributed by atoms with van der Waals surface area (Å²) in [7, 11) is 1.58. The first kappa shape index (κ1) is 16.8. The van der Waals surface area contributed by atoms with Crippen molar-refractivity contribution in [3.63, 3.8) is 0 Å². The van der Waals surface area contributed by atoms with E-state index in [2.05, 4.69) is 5.32 Å². The Balaban J connectivity index is 2.01. The van der Waals surface area contributed by atoms with Crippen molar-refractivity contribution >= 4 is 23.0 Å². The van der Waals surface area contributed by atoms with E-state index in [1.807, 2.05) is 0 Å². The van der Waals surface area contributed by atoms with E-state index in [1.165, 1.54) is 10.6 Å². The number of hydrogen-bond donors (Lipinski definition) is 2. The van der Waals surface area contributed by atoms with Crippen LogP contribution in [-0.4, -0.2) is 40.3 Å². The van der Waals surface area contributed by atoms with Crippen molar-refractivity contribution in [2.24, 2.45) is 7.05 Å². The van der Waals surface area contributed by atoms with Gasteiger partial charge in [0.2, 0.25) is 0 Å². The number of oxazole rings is 1. The van der Waals surface area contributed by atoms with E-state index in [9.17, 15) is 14.4 Å². The number of carbonyl (C=O) groups is 2. The predicted molar refractivity (Wildman–Crippen MR) is 81.8 cm³/mol. The van der Waals surface area contributed by atoms with E-state index in [0.29, 0.717) is 16.7 Å². The lowest BCUT2D eigenvalue weighted by atomic mass is 10.1. The first-order valence-electron chi connectivity index (χ1n) is 6.91. The van der Waals surface area contributed by atoms with E-state index >= 15 is 0 Å². The molecule has 0 unspecified atom stereocenters. The highest BCUT2D eigenvalue weighted by Gasteiger charge is 2.21. The second kappa shape index (κ2) is 6.25. The van der Waals surface area contributed by atoms with Crippen LogP contribution in [0.5, 0.6) is 0 Å². The molecule has 0 radical (unpaired) electrons. The lowest BCUT2D eigenvalue weighted by Crippen LogP contribution is -2.46. The van der Waals surface area contributed by atoms with Gasteiger partial charge in [0, 0.05) is 12.6 Å². The maximum absolute atomic E-state index is 12.1. The minimum absolute atomic E-state index is 0.0493. The molecule has 2 aromatic rings. The van der Waals surface area contributed by atoms with E-state index in [0.717, 1.165) is 0 Å². The van der Waals surface area contributed by atoms with Gasteiger partial charge in [-0.05, 0) is 32.0 Å². The highest BCUT2D eigenvalue weighted by atomic mass is 16.5. The number of benzene rings is 1. The lowest BCUT2D eigenvalue weighted by molar-refractivity contribution is 0.0617. The Labute approximate surface area is 131 Å². The lowest BCUT2D eigenvalue weighted by Gasteiger charge is -2.23. The normalized spacial score (nSPS) is 11.6. The van der Waals surface area contributed by atoms with Crippen molar-refractivity contribution in [2.45, 2.75) is 19.4 Å². The van der Waals surface area contributed by atoms with Gasteiger partial charge in [-0.25, -0.2) is 9.59 Å². The Kier molecular flexibility index (Phi) is 4.55. The van der Waals surface area contributed by atoms with Gasteiger partial charge in [-0.2, -0.15) is 0 Å². The van der Waals surface area contributed by atoms with Gasteiger partial charge in [-0.15, -0.1) is 0 Å². The SMILES string of the molecule is Cn1c(=O)oc2cc(C(=O)COCC(C)(C)NC(=O)O)ccc21. The molecule has 124 valence electrons. The molecular weight excluding hydrogens is 304 g/mol. The molecule has 8 heteroatoms. The highest BCUT2D eigenvalue weighted by Crippen LogP contribution is 2.15. The van der Waals surface area contributed by atoms with Crippen molar-refractivity contribution < 1.29 is 23.8 Å². The average molecular weight is 322 g/mol. The second-order valence-corrected chi connectivity index (χ2v) is 5.84. The fourth-order valence-electron chi connectivity index (χ4n) is 2.12. The average Bonchev–Trinajstić information content (AvgIpc) is 2.71. The molecule has 0 saturated heterocycles. The third kappa shape index (κ3) is 3.98. The van der Waals surface area contributed by atoms with Crippen LogP contribution < -0.4 is 11.1 Å². The summed E-state index contributed by atoms with van der Waals surface area (Å²) in [5.41, 5.74) is 0.480. The largest absolute Gasteiger partial charge is 0.465 e. The van der Waals surface area contributed by atoms with Crippen LogP contribution in [0.4, 0.5) is 4.79 Å². The summed E-state index contributed by atoms with van der Waals surface area (Å²) < 4.78 is 11.7. The molecule has 1 amide bonds. The topological polar surface area (TPSA) is 111 Å². The maximum Gasteiger partial charge on any atom is 0.419 e. The maximum atomic E-state index is 12.1. The zero-order chi connectivity index (χ0) is 17.2. The molecule has 1 heterocycles. The van der Waals surface area contributed by atoms with Gasteiger partial charge in [0.1, 0.15) is 6.61 Å². The number of ether oxygens (including phenoxy) is 1. The molecule has 1 aromatic heterocycles. The van der Waals surface area contributed by atoms with Gasteiger partial charge in [0.25, 0.3) is 0 Å². The summed E-state index contributed by atoms with van der Waals surface area (Å²) in [4.78, 5) is 34.1. The minimum Gasteiger partial charge on any atom is -0.465 e. The van der Waals surface area contributed by atoms with Crippen molar-refractivity contribution in [2.75, 3.05) is 13.2 Å². The van der Waals surface area contributed by atoms with Gasteiger partial charge in [-0.3, -0.25) is 9.36 Å². The fraction of sp³-hybridized carbons (Fsp3) is 0.400. The molecule has 0 aliphatic heterocycles. The van der Waals surface area contributed by atoms with Crippen LogP contribution in [-0.2, 0) is 11.8 Å². The van der Waals surface area contributed by atoms with E-state index in [-0.39, 0.29) is 19.0 Å². The molecule has 0 aliphatic rings. The molecule has 0 bridgehead atoms. The number of fused-ring (bicyclic) bond motifs is 1. The summed E-state index contributed by atoms with van der Waals surface area (Å²) in [6.07, 6.45) is -1.16. The minimum atomic E-state index is -1.16. The van der Waals surface area contributed by atoms with E-state index in [1.54, 1.807) is 33.0 Å². The number of nitrogens with one attached hydrogen (secondary N) is 1. The zero-order valence-electron chi connectivity index (χ0n) is 13.1.